The highest BCUT2D eigenvalue weighted by Gasteiger charge is 2.09. The molecule has 0 aliphatic heterocycles. The second kappa shape index (κ2) is 6.19. The molecular formula is C14H12N4OS2. The fraction of sp³-hybridized carbons (Fsp3) is 0.143. The molecule has 0 bridgehead atoms. The second-order valence-corrected chi connectivity index (χ2v) is 6.49. The van der Waals surface area contributed by atoms with Gasteiger partial charge in [-0.1, -0.05) is 29.5 Å². The average Bonchev–Trinajstić information content (AvgIpc) is 2.90. The van der Waals surface area contributed by atoms with Crippen molar-refractivity contribution in [2.45, 2.75) is 11.8 Å². The van der Waals surface area contributed by atoms with Crippen molar-refractivity contribution in [3.63, 3.8) is 0 Å². The number of amides is 1. The number of hydrogen-bond donors (Lipinski definition) is 1. The molecule has 0 atom stereocenters. The Bertz CT molecular complexity index is 782. The highest BCUT2D eigenvalue weighted by Crippen LogP contribution is 2.26. The number of rotatable bonds is 4. The summed E-state index contributed by atoms with van der Waals surface area (Å²) in [5.74, 6) is 0.220. The fourth-order valence-electron chi connectivity index (χ4n) is 1.84. The Kier molecular flexibility index (Phi) is 4.12. The number of carbonyl (C=O) groups is 1. The molecule has 0 fully saturated rings. The first-order valence-electron chi connectivity index (χ1n) is 6.29. The van der Waals surface area contributed by atoms with Crippen LogP contribution in [-0.4, -0.2) is 26.8 Å². The molecule has 0 spiro atoms. The predicted molar refractivity (Wildman–Crippen MR) is 85.7 cm³/mol. The summed E-state index contributed by atoms with van der Waals surface area (Å²) in [6, 6.07) is 9.87. The number of nitrogens with zero attached hydrogens (tertiary/aromatic N) is 3. The first-order chi connectivity index (χ1) is 10.2. The number of nitrogens with one attached hydrogen (secondary N) is 1. The molecule has 5 nitrogen and oxygen atoms in total. The average molecular weight is 316 g/mol. The van der Waals surface area contributed by atoms with Crippen LogP contribution in [0.1, 0.15) is 5.01 Å². The van der Waals surface area contributed by atoms with Crippen LogP contribution in [0.15, 0.2) is 41.4 Å². The third-order valence-corrected chi connectivity index (χ3v) is 4.53. The topological polar surface area (TPSA) is 67.8 Å². The molecule has 7 heteroatoms. The Labute approximate surface area is 129 Å². The van der Waals surface area contributed by atoms with E-state index in [0.29, 0.717) is 10.9 Å². The van der Waals surface area contributed by atoms with Crippen LogP contribution in [0, 0.1) is 6.92 Å². The number of thioether (sulfide) groups is 1. The summed E-state index contributed by atoms with van der Waals surface area (Å²) in [5.41, 5.74) is 0.921. The number of benzene rings is 1. The van der Waals surface area contributed by atoms with Crippen LogP contribution in [0.5, 0.6) is 0 Å². The van der Waals surface area contributed by atoms with Crippen LogP contribution in [0.3, 0.4) is 0 Å². The Morgan fingerprint density at radius 2 is 2.14 bits per heavy atom. The van der Waals surface area contributed by atoms with E-state index in [1.165, 1.54) is 23.1 Å². The molecule has 2 aromatic heterocycles. The van der Waals surface area contributed by atoms with Gasteiger partial charge in [0.2, 0.25) is 11.0 Å². The Morgan fingerprint density at radius 1 is 1.29 bits per heavy atom. The highest BCUT2D eigenvalue weighted by atomic mass is 32.2. The van der Waals surface area contributed by atoms with Crippen molar-refractivity contribution in [3.8, 4) is 0 Å². The minimum Gasteiger partial charge on any atom is -0.300 e. The van der Waals surface area contributed by atoms with Crippen LogP contribution in [-0.2, 0) is 4.79 Å². The molecule has 1 N–H and O–H groups in total. The lowest BCUT2D eigenvalue weighted by Gasteiger charge is -2.05. The maximum Gasteiger partial charge on any atom is 0.236 e. The Hall–Kier alpha value is -1.99. The zero-order valence-corrected chi connectivity index (χ0v) is 12.9. The van der Waals surface area contributed by atoms with Gasteiger partial charge in [0.25, 0.3) is 0 Å². The monoisotopic (exact) mass is 316 g/mol. The van der Waals surface area contributed by atoms with E-state index >= 15 is 0 Å². The standard InChI is InChI=1S/C14H12N4OS2/c1-9-17-18-14(21-9)16-12(19)8-20-11-6-2-4-10-5-3-7-15-13(10)11/h2-7H,8H2,1H3,(H,16,18,19). The molecule has 1 amide bonds. The summed E-state index contributed by atoms with van der Waals surface area (Å²) in [6.45, 7) is 1.85. The predicted octanol–water partition coefficient (Wildman–Crippen LogP) is 3.13. The second-order valence-electron chi connectivity index (χ2n) is 4.29. The van der Waals surface area contributed by atoms with Gasteiger partial charge in [0.1, 0.15) is 5.01 Å². The van der Waals surface area contributed by atoms with Gasteiger partial charge in [-0.05, 0) is 19.1 Å². The van der Waals surface area contributed by atoms with Crippen LogP contribution in [0.25, 0.3) is 10.9 Å². The maximum absolute atomic E-state index is 11.9. The molecule has 106 valence electrons. The summed E-state index contributed by atoms with van der Waals surface area (Å²) in [4.78, 5) is 17.3. The minimum atomic E-state index is -0.0934. The molecule has 0 aliphatic rings. The van der Waals surface area contributed by atoms with Crippen LogP contribution < -0.4 is 5.32 Å². The summed E-state index contributed by atoms with van der Waals surface area (Å²) >= 11 is 2.83. The van der Waals surface area contributed by atoms with Gasteiger partial charge < -0.3 is 0 Å². The van der Waals surface area contributed by atoms with E-state index in [1.54, 1.807) is 6.20 Å². The maximum atomic E-state index is 11.9. The first-order valence-corrected chi connectivity index (χ1v) is 8.09. The normalized spacial score (nSPS) is 10.7. The molecule has 1 aromatic carbocycles. The van der Waals surface area contributed by atoms with Crippen LogP contribution in [0.2, 0.25) is 0 Å². The van der Waals surface area contributed by atoms with Crippen LogP contribution >= 0.6 is 23.1 Å². The van der Waals surface area contributed by atoms with Gasteiger partial charge >= 0.3 is 0 Å². The molecule has 3 aromatic rings. The van der Waals surface area contributed by atoms with Gasteiger partial charge in [0, 0.05) is 16.5 Å². The van der Waals surface area contributed by atoms with Gasteiger partial charge in [-0.3, -0.25) is 15.1 Å². The summed E-state index contributed by atoms with van der Waals surface area (Å²) < 4.78 is 0. The lowest BCUT2D eigenvalue weighted by atomic mass is 10.2. The van der Waals surface area contributed by atoms with E-state index in [1.807, 2.05) is 37.3 Å². The van der Waals surface area contributed by atoms with Gasteiger partial charge in [-0.2, -0.15) is 0 Å². The van der Waals surface area contributed by atoms with Crippen molar-refractivity contribution in [1.29, 1.82) is 0 Å². The summed E-state index contributed by atoms with van der Waals surface area (Å²) in [7, 11) is 0. The molecule has 0 unspecified atom stereocenters. The van der Waals surface area contributed by atoms with Crippen LogP contribution in [0.4, 0.5) is 5.13 Å². The van der Waals surface area contributed by atoms with Gasteiger partial charge in [-0.25, -0.2) is 0 Å². The molecule has 3 rings (SSSR count). The number of carbonyl (C=O) groups excluding carboxylic acids is 1. The van der Waals surface area contributed by atoms with Gasteiger partial charge in [0.15, 0.2) is 0 Å². The van der Waals surface area contributed by atoms with E-state index in [4.69, 9.17) is 0 Å². The molecule has 0 saturated heterocycles. The summed E-state index contributed by atoms with van der Waals surface area (Å²) in [6.07, 6.45) is 1.76. The van der Waals surface area contributed by atoms with Crippen molar-refractivity contribution < 1.29 is 4.79 Å². The van der Waals surface area contributed by atoms with E-state index in [0.717, 1.165) is 20.8 Å². The summed E-state index contributed by atoms with van der Waals surface area (Å²) in [5, 5.41) is 12.9. The highest BCUT2D eigenvalue weighted by molar-refractivity contribution is 8.00. The number of pyridine rings is 1. The number of hydrogen-bond acceptors (Lipinski definition) is 6. The van der Waals surface area contributed by atoms with Gasteiger partial charge in [0.05, 0.1) is 11.3 Å². The quantitative estimate of drug-likeness (QED) is 0.749. The number of anilines is 1. The van der Waals surface area contributed by atoms with Crippen molar-refractivity contribution in [2.75, 3.05) is 11.1 Å². The van der Waals surface area contributed by atoms with Crippen molar-refractivity contribution in [3.05, 3.63) is 41.5 Å². The smallest absolute Gasteiger partial charge is 0.236 e. The third kappa shape index (κ3) is 3.37. The first kappa shape index (κ1) is 14.0. The number of para-hydroxylation sites is 1. The number of aromatic nitrogens is 3. The SMILES string of the molecule is Cc1nnc(NC(=O)CSc2cccc3cccnc23)s1. The third-order valence-electron chi connectivity index (χ3n) is 2.73. The molecule has 0 saturated carbocycles. The van der Waals surface area contributed by atoms with E-state index < -0.39 is 0 Å². The Morgan fingerprint density at radius 3 is 2.95 bits per heavy atom. The Balaban J connectivity index is 1.67. The number of aryl methyl sites for hydroxylation is 1. The van der Waals surface area contributed by atoms with E-state index in [9.17, 15) is 4.79 Å². The molecular weight excluding hydrogens is 304 g/mol. The molecule has 0 aliphatic carbocycles. The lowest BCUT2D eigenvalue weighted by molar-refractivity contribution is -0.113. The van der Waals surface area contributed by atoms with E-state index in [2.05, 4.69) is 20.5 Å². The lowest BCUT2D eigenvalue weighted by Crippen LogP contribution is -2.13. The molecule has 2 heterocycles. The van der Waals surface area contributed by atoms with Crippen molar-refractivity contribution >= 4 is 45.0 Å². The fourth-order valence-corrected chi connectivity index (χ4v) is 3.29. The van der Waals surface area contributed by atoms with Gasteiger partial charge in [-0.15, -0.1) is 22.0 Å². The van der Waals surface area contributed by atoms with Crippen molar-refractivity contribution in [2.24, 2.45) is 0 Å². The number of fused-ring (bicyclic) bond motifs is 1. The minimum absolute atomic E-state index is 0.0934. The van der Waals surface area contributed by atoms with Crippen molar-refractivity contribution in [1.82, 2.24) is 15.2 Å². The van der Waals surface area contributed by atoms with E-state index in [-0.39, 0.29) is 5.91 Å². The zero-order chi connectivity index (χ0) is 14.7. The molecule has 21 heavy (non-hydrogen) atoms. The zero-order valence-electron chi connectivity index (χ0n) is 11.2. The largest absolute Gasteiger partial charge is 0.300 e. The molecule has 0 radical (unpaired) electrons.